The number of nitrogens with zero attached hydrogens (tertiary/aromatic N) is 2. The second-order valence-corrected chi connectivity index (χ2v) is 6.29. The molecule has 0 spiro atoms. The number of aromatic nitrogens is 1. The lowest BCUT2D eigenvalue weighted by Crippen LogP contribution is -2.58. The van der Waals surface area contributed by atoms with Gasteiger partial charge in [0.25, 0.3) is 0 Å². The second kappa shape index (κ2) is 8.63. The molecule has 1 unspecified atom stereocenters. The van der Waals surface area contributed by atoms with Gasteiger partial charge in [-0.3, -0.25) is 14.5 Å². The van der Waals surface area contributed by atoms with Gasteiger partial charge < -0.3 is 16.0 Å². The Hall–Kier alpha value is -2.15. The van der Waals surface area contributed by atoms with Crippen LogP contribution in [-0.2, 0) is 9.59 Å². The predicted octanol–water partition coefficient (Wildman–Crippen LogP) is 0.517. The molecule has 1 atom stereocenters. The number of piperazine rings is 1. The van der Waals surface area contributed by atoms with Crippen LogP contribution in [0, 0.1) is 6.92 Å². The van der Waals surface area contributed by atoms with Crippen molar-refractivity contribution in [3.63, 3.8) is 0 Å². The van der Waals surface area contributed by atoms with Crippen molar-refractivity contribution in [3.05, 3.63) is 23.9 Å². The topological polar surface area (TPSA) is 86.4 Å². The minimum Gasteiger partial charge on any atom is -0.368 e. The molecule has 1 aromatic rings. The molecule has 0 radical (unpaired) electrons. The van der Waals surface area contributed by atoms with Crippen molar-refractivity contribution in [1.82, 2.24) is 20.5 Å². The molecule has 7 nitrogen and oxygen atoms in total. The van der Waals surface area contributed by atoms with Gasteiger partial charge in [-0.05, 0) is 32.4 Å². The zero-order chi connectivity index (χ0) is 17.5. The van der Waals surface area contributed by atoms with E-state index in [1.54, 1.807) is 6.20 Å². The van der Waals surface area contributed by atoms with E-state index in [2.05, 4.69) is 25.8 Å². The van der Waals surface area contributed by atoms with Gasteiger partial charge in [-0.15, -0.1) is 0 Å². The van der Waals surface area contributed by atoms with Gasteiger partial charge in [0.05, 0.1) is 12.5 Å². The molecule has 2 heterocycles. The van der Waals surface area contributed by atoms with Crippen LogP contribution in [0.5, 0.6) is 0 Å². The number of carbonyl (C=O) groups excluding carboxylic acids is 2. The molecule has 1 fully saturated rings. The maximum Gasteiger partial charge on any atom is 0.237 e. The summed E-state index contributed by atoms with van der Waals surface area (Å²) in [4.78, 5) is 30.5. The van der Waals surface area contributed by atoms with E-state index < -0.39 is 0 Å². The predicted molar refractivity (Wildman–Crippen MR) is 93.7 cm³/mol. The van der Waals surface area contributed by atoms with E-state index in [4.69, 9.17) is 0 Å². The maximum absolute atomic E-state index is 12.1. The monoisotopic (exact) mass is 333 g/mol. The standard InChI is InChI=1S/C17H27N5O2/c1-12(2)22-10-9-21-17(24)14(22)11-15(23)18-7-8-20-16-13(3)5-4-6-19-16/h4-6,12,14H,7-11H2,1-3H3,(H,18,23)(H,19,20)(H,21,24). The van der Waals surface area contributed by atoms with Crippen LogP contribution in [0.4, 0.5) is 5.82 Å². The zero-order valence-corrected chi connectivity index (χ0v) is 14.6. The van der Waals surface area contributed by atoms with Crippen molar-refractivity contribution < 1.29 is 9.59 Å². The number of anilines is 1. The summed E-state index contributed by atoms with van der Waals surface area (Å²) in [7, 11) is 0. The van der Waals surface area contributed by atoms with Crippen LogP contribution >= 0.6 is 0 Å². The minimum atomic E-state index is -0.384. The third kappa shape index (κ3) is 4.92. The Labute approximate surface area is 143 Å². The van der Waals surface area contributed by atoms with Gasteiger partial charge in [0.15, 0.2) is 0 Å². The van der Waals surface area contributed by atoms with Crippen LogP contribution in [-0.4, -0.2) is 60.0 Å². The van der Waals surface area contributed by atoms with Gasteiger partial charge in [0.1, 0.15) is 5.82 Å². The fraction of sp³-hybridized carbons (Fsp3) is 0.588. The molecule has 1 aliphatic heterocycles. The summed E-state index contributed by atoms with van der Waals surface area (Å²) in [6, 6.07) is 3.72. The number of amides is 2. The summed E-state index contributed by atoms with van der Waals surface area (Å²) in [6.07, 6.45) is 1.92. The van der Waals surface area contributed by atoms with Crippen LogP contribution < -0.4 is 16.0 Å². The third-order valence-electron chi connectivity index (χ3n) is 4.16. The van der Waals surface area contributed by atoms with Crippen LogP contribution in [0.3, 0.4) is 0 Å². The van der Waals surface area contributed by atoms with E-state index in [1.807, 2.05) is 32.9 Å². The Bertz CT molecular complexity index is 576. The number of aryl methyl sites for hydroxylation is 1. The highest BCUT2D eigenvalue weighted by Gasteiger charge is 2.32. The highest BCUT2D eigenvalue weighted by molar-refractivity contribution is 5.88. The number of hydrogen-bond acceptors (Lipinski definition) is 5. The molecule has 1 aliphatic rings. The third-order valence-corrected chi connectivity index (χ3v) is 4.16. The summed E-state index contributed by atoms with van der Waals surface area (Å²) in [5, 5.41) is 8.89. The largest absolute Gasteiger partial charge is 0.368 e. The van der Waals surface area contributed by atoms with E-state index in [0.717, 1.165) is 17.9 Å². The summed E-state index contributed by atoms with van der Waals surface area (Å²) in [6.45, 7) is 8.57. The SMILES string of the molecule is Cc1cccnc1NCCNC(=O)CC1C(=O)NCCN1C(C)C. The van der Waals surface area contributed by atoms with E-state index in [0.29, 0.717) is 19.6 Å². The summed E-state index contributed by atoms with van der Waals surface area (Å²) < 4.78 is 0. The molecule has 0 saturated carbocycles. The Balaban J connectivity index is 1.76. The van der Waals surface area contributed by atoms with E-state index in [9.17, 15) is 9.59 Å². The molecule has 0 bridgehead atoms. The van der Waals surface area contributed by atoms with Crippen molar-refractivity contribution in [3.8, 4) is 0 Å². The first-order chi connectivity index (χ1) is 11.5. The van der Waals surface area contributed by atoms with Crippen molar-refractivity contribution in [2.24, 2.45) is 0 Å². The minimum absolute atomic E-state index is 0.0627. The first kappa shape index (κ1) is 18.2. The van der Waals surface area contributed by atoms with Gasteiger partial charge >= 0.3 is 0 Å². The highest BCUT2D eigenvalue weighted by atomic mass is 16.2. The first-order valence-electron chi connectivity index (χ1n) is 8.44. The summed E-state index contributed by atoms with van der Waals surface area (Å²) in [5.41, 5.74) is 1.07. The lowest BCUT2D eigenvalue weighted by atomic mass is 10.1. The van der Waals surface area contributed by atoms with Gasteiger partial charge in [-0.2, -0.15) is 0 Å². The van der Waals surface area contributed by atoms with E-state index in [-0.39, 0.29) is 30.3 Å². The Morgan fingerprint density at radius 2 is 2.25 bits per heavy atom. The van der Waals surface area contributed by atoms with Gasteiger partial charge in [-0.25, -0.2) is 4.98 Å². The van der Waals surface area contributed by atoms with Gasteiger partial charge in [0, 0.05) is 38.4 Å². The normalized spacial score (nSPS) is 18.3. The lowest BCUT2D eigenvalue weighted by Gasteiger charge is -2.37. The molecule has 1 aromatic heterocycles. The summed E-state index contributed by atoms with van der Waals surface area (Å²) >= 11 is 0. The van der Waals surface area contributed by atoms with E-state index >= 15 is 0 Å². The average molecular weight is 333 g/mol. The Morgan fingerprint density at radius 3 is 2.96 bits per heavy atom. The molecule has 2 rings (SSSR count). The van der Waals surface area contributed by atoms with Crippen molar-refractivity contribution in [2.45, 2.75) is 39.3 Å². The van der Waals surface area contributed by atoms with E-state index in [1.165, 1.54) is 0 Å². The second-order valence-electron chi connectivity index (χ2n) is 6.29. The van der Waals surface area contributed by atoms with Crippen molar-refractivity contribution in [2.75, 3.05) is 31.5 Å². The van der Waals surface area contributed by atoms with Crippen molar-refractivity contribution in [1.29, 1.82) is 0 Å². The Kier molecular flexibility index (Phi) is 6.54. The molecule has 2 amide bonds. The molecular formula is C17H27N5O2. The van der Waals surface area contributed by atoms with Crippen LogP contribution in [0.25, 0.3) is 0 Å². The molecule has 24 heavy (non-hydrogen) atoms. The average Bonchev–Trinajstić information content (AvgIpc) is 2.54. The molecule has 7 heteroatoms. The number of nitrogens with one attached hydrogen (secondary N) is 3. The maximum atomic E-state index is 12.1. The molecule has 0 aromatic carbocycles. The number of rotatable bonds is 7. The van der Waals surface area contributed by atoms with Gasteiger partial charge in [0.2, 0.25) is 11.8 Å². The Morgan fingerprint density at radius 1 is 1.46 bits per heavy atom. The van der Waals surface area contributed by atoms with Crippen LogP contribution in [0.2, 0.25) is 0 Å². The molecular weight excluding hydrogens is 306 g/mol. The molecule has 1 saturated heterocycles. The highest BCUT2D eigenvalue weighted by Crippen LogP contribution is 2.12. The van der Waals surface area contributed by atoms with Crippen molar-refractivity contribution >= 4 is 17.6 Å². The fourth-order valence-corrected chi connectivity index (χ4v) is 2.86. The molecule has 0 aliphatic carbocycles. The lowest BCUT2D eigenvalue weighted by molar-refractivity contribution is -0.134. The quantitative estimate of drug-likeness (QED) is 0.633. The number of carbonyl (C=O) groups is 2. The fourth-order valence-electron chi connectivity index (χ4n) is 2.86. The smallest absolute Gasteiger partial charge is 0.237 e. The molecule has 132 valence electrons. The number of pyridine rings is 1. The van der Waals surface area contributed by atoms with Crippen LogP contribution in [0.15, 0.2) is 18.3 Å². The zero-order valence-electron chi connectivity index (χ0n) is 14.6. The van der Waals surface area contributed by atoms with Gasteiger partial charge in [-0.1, -0.05) is 6.07 Å². The number of hydrogen-bond donors (Lipinski definition) is 3. The summed E-state index contributed by atoms with van der Waals surface area (Å²) in [5.74, 6) is 0.652. The first-order valence-corrected chi connectivity index (χ1v) is 8.44. The molecule has 3 N–H and O–H groups in total. The van der Waals surface area contributed by atoms with Crippen LogP contribution in [0.1, 0.15) is 25.8 Å².